The third kappa shape index (κ3) is 4.45. The Kier molecular flexibility index (Phi) is 5.45. The quantitative estimate of drug-likeness (QED) is 0.853. The van der Waals surface area contributed by atoms with Gasteiger partial charge in [0.2, 0.25) is 5.91 Å². The van der Waals surface area contributed by atoms with Gasteiger partial charge in [-0.05, 0) is 31.0 Å². The van der Waals surface area contributed by atoms with Crippen molar-refractivity contribution in [3.8, 4) is 17.0 Å². The first-order valence-corrected chi connectivity index (χ1v) is 8.26. The maximum absolute atomic E-state index is 12.1. The molecule has 132 valence electrons. The normalized spacial score (nSPS) is 16.6. The number of nitrogens with zero attached hydrogens (tertiary/aromatic N) is 2. The zero-order valence-corrected chi connectivity index (χ0v) is 14.1. The molecular weight excluding hydrogens is 322 g/mol. The molecule has 0 spiro atoms. The van der Waals surface area contributed by atoms with E-state index in [-0.39, 0.29) is 24.1 Å². The highest BCUT2D eigenvalue weighted by atomic mass is 16.5. The smallest absolute Gasteiger partial charge is 0.267 e. The van der Waals surface area contributed by atoms with Gasteiger partial charge in [-0.1, -0.05) is 12.1 Å². The second kappa shape index (κ2) is 7.94. The van der Waals surface area contributed by atoms with Gasteiger partial charge in [-0.25, -0.2) is 4.68 Å². The molecule has 1 aromatic heterocycles. The van der Waals surface area contributed by atoms with Crippen molar-refractivity contribution in [2.45, 2.75) is 25.5 Å². The number of rotatable bonds is 6. The maximum Gasteiger partial charge on any atom is 0.267 e. The van der Waals surface area contributed by atoms with Crippen LogP contribution in [0, 0.1) is 0 Å². The molecule has 1 aliphatic heterocycles. The predicted molar refractivity (Wildman–Crippen MR) is 92.5 cm³/mol. The summed E-state index contributed by atoms with van der Waals surface area (Å²) in [5, 5.41) is 7.09. The average molecular weight is 343 g/mol. The van der Waals surface area contributed by atoms with E-state index in [0.29, 0.717) is 18.0 Å². The second-order valence-electron chi connectivity index (χ2n) is 5.89. The van der Waals surface area contributed by atoms with Crippen LogP contribution in [0.2, 0.25) is 0 Å². The minimum atomic E-state index is -0.320. The van der Waals surface area contributed by atoms with Crippen LogP contribution in [0.1, 0.15) is 12.8 Å². The van der Waals surface area contributed by atoms with Gasteiger partial charge in [0.15, 0.2) is 0 Å². The first-order valence-electron chi connectivity index (χ1n) is 8.26. The third-order valence-electron chi connectivity index (χ3n) is 4.08. The fourth-order valence-electron chi connectivity index (χ4n) is 2.72. The molecule has 2 aromatic rings. The number of amides is 1. The van der Waals surface area contributed by atoms with E-state index in [9.17, 15) is 9.59 Å². The molecule has 1 aromatic carbocycles. The van der Waals surface area contributed by atoms with Crippen molar-refractivity contribution >= 4 is 5.91 Å². The van der Waals surface area contributed by atoms with E-state index in [1.165, 1.54) is 10.7 Å². The van der Waals surface area contributed by atoms with E-state index >= 15 is 0 Å². The summed E-state index contributed by atoms with van der Waals surface area (Å²) in [6, 6.07) is 10.4. The predicted octanol–water partition coefficient (Wildman–Crippen LogP) is 1.21. The molecule has 0 bridgehead atoms. The number of carbonyl (C=O) groups excluding carboxylic acids is 1. The van der Waals surface area contributed by atoms with Gasteiger partial charge in [-0.2, -0.15) is 5.10 Å². The lowest BCUT2D eigenvalue weighted by Gasteiger charge is -2.12. The van der Waals surface area contributed by atoms with Crippen LogP contribution in [-0.2, 0) is 16.1 Å². The number of aromatic nitrogens is 2. The van der Waals surface area contributed by atoms with Crippen molar-refractivity contribution in [1.82, 2.24) is 15.1 Å². The minimum absolute atomic E-state index is 0.0664. The molecule has 2 heterocycles. The molecule has 1 amide bonds. The summed E-state index contributed by atoms with van der Waals surface area (Å²) >= 11 is 0. The molecule has 1 fully saturated rings. The van der Waals surface area contributed by atoms with E-state index in [2.05, 4.69) is 10.4 Å². The molecule has 0 unspecified atom stereocenters. The zero-order chi connectivity index (χ0) is 17.6. The first-order chi connectivity index (χ1) is 12.2. The summed E-state index contributed by atoms with van der Waals surface area (Å²) in [4.78, 5) is 24.1. The lowest BCUT2D eigenvalue weighted by atomic mass is 10.1. The molecule has 7 nitrogen and oxygen atoms in total. The van der Waals surface area contributed by atoms with E-state index in [0.717, 1.165) is 25.0 Å². The lowest BCUT2D eigenvalue weighted by Crippen LogP contribution is -2.37. The van der Waals surface area contributed by atoms with Crippen molar-refractivity contribution in [2.24, 2.45) is 0 Å². The maximum atomic E-state index is 12.1. The fourth-order valence-corrected chi connectivity index (χ4v) is 2.72. The van der Waals surface area contributed by atoms with Crippen molar-refractivity contribution in [1.29, 1.82) is 0 Å². The Balaban J connectivity index is 1.70. The molecule has 1 aliphatic rings. The topological polar surface area (TPSA) is 82.5 Å². The van der Waals surface area contributed by atoms with Crippen LogP contribution in [0.4, 0.5) is 0 Å². The summed E-state index contributed by atoms with van der Waals surface area (Å²) in [6.45, 7) is 1.08. The van der Waals surface area contributed by atoms with Crippen LogP contribution in [0.3, 0.4) is 0 Å². The van der Waals surface area contributed by atoms with Gasteiger partial charge in [0.05, 0.1) is 18.9 Å². The van der Waals surface area contributed by atoms with Crippen molar-refractivity contribution in [3.05, 3.63) is 46.8 Å². The van der Waals surface area contributed by atoms with Crippen LogP contribution >= 0.6 is 0 Å². The Morgan fingerprint density at radius 2 is 2.28 bits per heavy atom. The molecule has 0 aliphatic carbocycles. The minimum Gasteiger partial charge on any atom is -0.497 e. The molecule has 25 heavy (non-hydrogen) atoms. The summed E-state index contributed by atoms with van der Waals surface area (Å²) in [5.74, 6) is 0.444. The van der Waals surface area contributed by atoms with Crippen LogP contribution in [-0.4, -0.2) is 42.1 Å². The standard InChI is InChI=1S/C18H21N3O4/c1-24-14-5-2-4-13(10-14)16-7-8-18(23)21(20-16)12-17(22)19-11-15-6-3-9-25-15/h2,4-5,7-8,10,15H,3,6,9,11-12H2,1H3,(H,19,22)/t15-/m1/s1. The fraction of sp³-hybridized carbons (Fsp3) is 0.389. The number of methoxy groups -OCH3 is 1. The van der Waals surface area contributed by atoms with Gasteiger partial charge in [0.25, 0.3) is 5.56 Å². The molecule has 7 heteroatoms. The molecule has 1 N–H and O–H groups in total. The van der Waals surface area contributed by atoms with Gasteiger partial charge >= 0.3 is 0 Å². The molecule has 1 atom stereocenters. The molecule has 1 saturated heterocycles. The van der Waals surface area contributed by atoms with E-state index in [4.69, 9.17) is 9.47 Å². The summed E-state index contributed by atoms with van der Waals surface area (Å²) in [6.07, 6.45) is 2.03. The first kappa shape index (κ1) is 17.2. The Morgan fingerprint density at radius 1 is 1.40 bits per heavy atom. The summed E-state index contributed by atoms with van der Waals surface area (Å²) in [7, 11) is 1.59. The molecule has 0 radical (unpaired) electrons. The largest absolute Gasteiger partial charge is 0.497 e. The van der Waals surface area contributed by atoms with Crippen molar-refractivity contribution in [3.63, 3.8) is 0 Å². The van der Waals surface area contributed by atoms with Crippen LogP contribution in [0.25, 0.3) is 11.3 Å². The number of hydrogen-bond acceptors (Lipinski definition) is 5. The number of hydrogen-bond donors (Lipinski definition) is 1. The summed E-state index contributed by atoms with van der Waals surface area (Å²) in [5.41, 5.74) is 1.09. The van der Waals surface area contributed by atoms with Gasteiger partial charge in [0.1, 0.15) is 12.3 Å². The Bertz CT molecular complexity index is 797. The van der Waals surface area contributed by atoms with Gasteiger partial charge in [0, 0.05) is 24.8 Å². The number of benzene rings is 1. The second-order valence-corrected chi connectivity index (χ2v) is 5.89. The van der Waals surface area contributed by atoms with Gasteiger partial charge in [-0.3, -0.25) is 9.59 Å². The third-order valence-corrected chi connectivity index (χ3v) is 4.08. The highest BCUT2D eigenvalue weighted by Gasteiger charge is 2.16. The Morgan fingerprint density at radius 3 is 3.04 bits per heavy atom. The Hall–Kier alpha value is -2.67. The number of carbonyl (C=O) groups is 1. The van der Waals surface area contributed by atoms with E-state index in [1.54, 1.807) is 13.2 Å². The molecule has 3 rings (SSSR count). The van der Waals surface area contributed by atoms with Crippen LogP contribution in [0.5, 0.6) is 5.75 Å². The van der Waals surface area contributed by atoms with Gasteiger partial charge < -0.3 is 14.8 Å². The molecule has 0 saturated carbocycles. The SMILES string of the molecule is COc1cccc(-c2ccc(=O)n(CC(=O)NC[C@H]3CCCO3)n2)c1. The number of nitrogens with one attached hydrogen (secondary N) is 1. The molecular formula is C18H21N3O4. The van der Waals surface area contributed by atoms with Crippen LogP contribution < -0.4 is 15.6 Å². The Labute approximate surface area is 145 Å². The monoisotopic (exact) mass is 343 g/mol. The summed E-state index contributed by atoms with van der Waals surface area (Å²) < 4.78 is 11.8. The van der Waals surface area contributed by atoms with Gasteiger partial charge in [-0.15, -0.1) is 0 Å². The van der Waals surface area contributed by atoms with Crippen molar-refractivity contribution < 1.29 is 14.3 Å². The average Bonchev–Trinajstić information content (AvgIpc) is 3.15. The number of ether oxygens (including phenoxy) is 2. The zero-order valence-electron chi connectivity index (χ0n) is 14.1. The van der Waals surface area contributed by atoms with E-state index < -0.39 is 0 Å². The van der Waals surface area contributed by atoms with Crippen LogP contribution in [0.15, 0.2) is 41.2 Å². The lowest BCUT2D eigenvalue weighted by molar-refractivity contribution is -0.122. The highest BCUT2D eigenvalue weighted by molar-refractivity contribution is 5.75. The highest BCUT2D eigenvalue weighted by Crippen LogP contribution is 2.21. The van der Waals surface area contributed by atoms with Crippen molar-refractivity contribution in [2.75, 3.05) is 20.3 Å². The van der Waals surface area contributed by atoms with E-state index in [1.807, 2.05) is 24.3 Å².